The quantitative estimate of drug-likeness (QED) is 0.788. The van der Waals surface area contributed by atoms with Crippen LogP contribution in [0.5, 0.6) is 0 Å². The Bertz CT molecular complexity index is 472. The molecule has 124 valence electrons. The third-order valence-corrected chi connectivity index (χ3v) is 8.74. The van der Waals surface area contributed by atoms with Gasteiger partial charge in [0.1, 0.15) is 5.78 Å². The summed E-state index contributed by atoms with van der Waals surface area (Å²) in [5.74, 6) is 4.25. The van der Waals surface area contributed by atoms with E-state index in [2.05, 4.69) is 13.8 Å². The number of ketones is 1. The zero-order valence-corrected chi connectivity index (χ0v) is 14.3. The maximum Gasteiger partial charge on any atom is 0.139 e. The summed E-state index contributed by atoms with van der Waals surface area (Å²) in [6.07, 6.45) is 10.9. The van der Waals surface area contributed by atoms with Gasteiger partial charge < -0.3 is 5.11 Å². The van der Waals surface area contributed by atoms with Gasteiger partial charge in [-0.05, 0) is 86.4 Å². The van der Waals surface area contributed by atoms with Gasteiger partial charge in [0, 0.05) is 18.4 Å². The Morgan fingerprint density at radius 2 is 1.86 bits per heavy atom. The first-order chi connectivity index (χ1) is 10.5. The molecule has 4 aliphatic carbocycles. The molecule has 2 heteroatoms. The normalized spacial score (nSPS) is 54.5. The lowest BCUT2D eigenvalue weighted by atomic mass is 9.44. The Kier molecular flexibility index (Phi) is 3.49. The van der Waals surface area contributed by atoms with Gasteiger partial charge in [0.05, 0.1) is 0 Å². The first kappa shape index (κ1) is 15.2. The van der Waals surface area contributed by atoms with E-state index in [0.717, 1.165) is 37.0 Å². The van der Waals surface area contributed by atoms with Crippen molar-refractivity contribution in [1.29, 1.82) is 0 Å². The molecule has 0 amide bonds. The van der Waals surface area contributed by atoms with Crippen molar-refractivity contribution in [2.45, 2.75) is 71.6 Å². The van der Waals surface area contributed by atoms with Gasteiger partial charge in [-0.2, -0.15) is 0 Å². The summed E-state index contributed by atoms with van der Waals surface area (Å²) in [5, 5.41) is 9.55. The van der Waals surface area contributed by atoms with Crippen LogP contribution in [0.3, 0.4) is 0 Å². The van der Waals surface area contributed by atoms with E-state index in [0.29, 0.717) is 29.6 Å². The number of carbonyl (C=O) groups is 1. The van der Waals surface area contributed by atoms with Crippen LogP contribution in [0.1, 0.15) is 71.6 Å². The van der Waals surface area contributed by atoms with Gasteiger partial charge >= 0.3 is 0 Å². The van der Waals surface area contributed by atoms with Crippen molar-refractivity contribution in [2.75, 3.05) is 6.61 Å². The number of carbonyl (C=O) groups excluding carboxylic acids is 1. The molecule has 22 heavy (non-hydrogen) atoms. The van der Waals surface area contributed by atoms with Crippen LogP contribution >= 0.6 is 0 Å². The molecule has 4 aliphatic rings. The van der Waals surface area contributed by atoms with E-state index in [9.17, 15) is 9.90 Å². The second-order valence-corrected chi connectivity index (χ2v) is 9.40. The van der Waals surface area contributed by atoms with Crippen LogP contribution in [0.4, 0.5) is 0 Å². The molecule has 0 heterocycles. The zero-order chi connectivity index (χ0) is 15.5. The summed E-state index contributed by atoms with van der Waals surface area (Å²) in [6, 6.07) is 0. The highest BCUT2D eigenvalue weighted by Gasteiger charge is 2.60. The van der Waals surface area contributed by atoms with Gasteiger partial charge in [-0.3, -0.25) is 4.79 Å². The van der Waals surface area contributed by atoms with Crippen LogP contribution in [0.15, 0.2) is 0 Å². The smallest absolute Gasteiger partial charge is 0.139 e. The minimum atomic E-state index is 0.0205. The van der Waals surface area contributed by atoms with Gasteiger partial charge in [0.25, 0.3) is 0 Å². The van der Waals surface area contributed by atoms with Crippen LogP contribution in [-0.4, -0.2) is 17.5 Å². The summed E-state index contributed by atoms with van der Waals surface area (Å²) in [4.78, 5) is 12.4. The maximum atomic E-state index is 12.4. The highest BCUT2D eigenvalue weighted by Crippen LogP contribution is 2.65. The molecule has 4 rings (SSSR count). The first-order valence-electron chi connectivity index (χ1n) is 9.63. The SMILES string of the molecule is CC12CCC3C(CCC4CC(CO)CCC43C)C1CCC2=O. The van der Waals surface area contributed by atoms with E-state index in [1.54, 1.807) is 0 Å². The molecule has 2 nitrogen and oxygen atoms in total. The molecular formula is C20H32O2. The molecule has 7 unspecified atom stereocenters. The number of Topliss-reactive ketones (excluding diaryl/α,β-unsaturated/α-hetero) is 1. The fraction of sp³-hybridized carbons (Fsp3) is 0.950. The van der Waals surface area contributed by atoms with Crippen molar-refractivity contribution in [1.82, 2.24) is 0 Å². The van der Waals surface area contributed by atoms with E-state index in [-0.39, 0.29) is 5.41 Å². The molecule has 1 N–H and O–H groups in total. The fourth-order valence-electron chi connectivity index (χ4n) is 7.28. The van der Waals surface area contributed by atoms with Crippen molar-refractivity contribution in [3.05, 3.63) is 0 Å². The maximum absolute atomic E-state index is 12.4. The zero-order valence-electron chi connectivity index (χ0n) is 14.3. The van der Waals surface area contributed by atoms with Crippen molar-refractivity contribution < 1.29 is 9.90 Å². The highest BCUT2D eigenvalue weighted by molar-refractivity contribution is 5.87. The Labute approximate surface area is 135 Å². The standard InChI is InChI=1S/C20H32O2/c1-19-9-7-13(12-21)11-14(19)3-4-15-16-5-6-18(22)20(16,2)10-8-17(15)19/h13-17,21H,3-12H2,1-2H3. The molecule has 0 aromatic rings. The molecule has 0 bridgehead atoms. The topological polar surface area (TPSA) is 37.3 Å². The predicted molar refractivity (Wildman–Crippen MR) is 87.3 cm³/mol. The summed E-state index contributed by atoms with van der Waals surface area (Å²) in [7, 11) is 0. The molecule has 0 aromatic heterocycles. The van der Waals surface area contributed by atoms with Crippen LogP contribution in [0, 0.1) is 40.4 Å². The lowest BCUT2D eigenvalue weighted by molar-refractivity contribution is -0.140. The summed E-state index contributed by atoms with van der Waals surface area (Å²) in [6.45, 7) is 5.22. The average Bonchev–Trinajstić information content (AvgIpc) is 2.82. The summed E-state index contributed by atoms with van der Waals surface area (Å²) < 4.78 is 0. The van der Waals surface area contributed by atoms with Crippen LogP contribution < -0.4 is 0 Å². The third-order valence-electron chi connectivity index (χ3n) is 8.74. The predicted octanol–water partition coefficient (Wildman–Crippen LogP) is 4.21. The Morgan fingerprint density at radius 1 is 1.05 bits per heavy atom. The van der Waals surface area contributed by atoms with Crippen LogP contribution in [0.25, 0.3) is 0 Å². The molecule has 0 aliphatic heterocycles. The number of aliphatic hydroxyl groups is 1. The minimum Gasteiger partial charge on any atom is -0.396 e. The van der Waals surface area contributed by atoms with Gasteiger partial charge in [-0.25, -0.2) is 0 Å². The summed E-state index contributed by atoms with van der Waals surface area (Å²) in [5.41, 5.74) is 0.508. The molecule has 0 radical (unpaired) electrons. The largest absolute Gasteiger partial charge is 0.396 e. The van der Waals surface area contributed by atoms with Gasteiger partial charge in [0.2, 0.25) is 0 Å². The Balaban J connectivity index is 1.60. The molecule has 4 fully saturated rings. The Hall–Kier alpha value is -0.370. The van der Waals surface area contributed by atoms with Gasteiger partial charge in [-0.1, -0.05) is 13.8 Å². The number of hydrogen-bond donors (Lipinski definition) is 1. The van der Waals surface area contributed by atoms with Crippen molar-refractivity contribution in [3.8, 4) is 0 Å². The van der Waals surface area contributed by atoms with Crippen molar-refractivity contribution >= 4 is 5.78 Å². The third kappa shape index (κ3) is 1.92. The Morgan fingerprint density at radius 3 is 2.64 bits per heavy atom. The molecule has 0 spiro atoms. The number of hydrogen-bond acceptors (Lipinski definition) is 2. The lowest BCUT2D eigenvalue weighted by Crippen LogP contribution is -2.53. The van der Waals surface area contributed by atoms with Crippen molar-refractivity contribution in [2.24, 2.45) is 40.4 Å². The molecule has 7 atom stereocenters. The summed E-state index contributed by atoms with van der Waals surface area (Å²) >= 11 is 0. The monoisotopic (exact) mass is 304 g/mol. The highest BCUT2D eigenvalue weighted by atomic mass is 16.3. The van der Waals surface area contributed by atoms with Gasteiger partial charge in [-0.15, -0.1) is 0 Å². The van der Waals surface area contributed by atoms with Crippen molar-refractivity contribution in [3.63, 3.8) is 0 Å². The van der Waals surface area contributed by atoms with Crippen LogP contribution in [-0.2, 0) is 4.79 Å². The fourth-order valence-corrected chi connectivity index (χ4v) is 7.28. The second kappa shape index (κ2) is 5.06. The van der Waals surface area contributed by atoms with Crippen LogP contribution in [0.2, 0.25) is 0 Å². The second-order valence-electron chi connectivity index (χ2n) is 9.40. The number of aliphatic hydroxyl groups excluding tert-OH is 1. The average molecular weight is 304 g/mol. The first-order valence-corrected chi connectivity index (χ1v) is 9.63. The van der Waals surface area contributed by atoms with E-state index in [4.69, 9.17) is 0 Å². The van der Waals surface area contributed by atoms with E-state index >= 15 is 0 Å². The molecular weight excluding hydrogens is 272 g/mol. The van der Waals surface area contributed by atoms with E-state index in [1.807, 2.05) is 0 Å². The molecule has 0 aromatic carbocycles. The van der Waals surface area contributed by atoms with E-state index < -0.39 is 0 Å². The molecule has 0 saturated heterocycles. The number of rotatable bonds is 1. The minimum absolute atomic E-state index is 0.0205. The lowest BCUT2D eigenvalue weighted by Gasteiger charge is -2.60. The molecule has 4 saturated carbocycles. The number of fused-ring (bicyclic) bond motifs is 5. The van der Waals surface area contributed by atoms with Gasteiger partial charge in [0.15, 0.2) is 0 Å². The van der Waals surface area contributed by atoms with E-state index in [1.165, 1.54) is 38.5 Å².